The molecule has 0 aromatic rings. The number of carbonyl (C=O) groups is 1. The first-order valence-corrected chi connectivity index (χ1v) is 6.45. The molecule has 82 valence electrons. The standard InChI is InChI=1S/C10H19NO2S/c1-7(10(12)13)11-8-5-3-4-6-9(8)14-2/h7-9,11H,3-6H2,1-2H3,(H,12,13). The molecule has 14 heavy (non-hydrogen) atoms. The van der Waals surface area contributed by atoms with E-state index >= 15 is 0 Å². The van der Waals surface area contributed by atoms with Crippen molar-refractivity contribution in [3.05, 3.63) is 0 Å². The van der Waals surface area contributed by atoms with Crippen molar-refractivity contribution in [2.24, 2.45) is 0 Å². The molecule has 0 bridgehead atoms. The molecule has 1 aliphatic rings. The fourth-order valence-electron chi connectivity index (χ4n) is 1.96. The van der Waals surface area contributed by atoms with E-state index in [1.165, 1.54) is 19.3 Å². The lowest BCUT2D eigenvalue weighted by molar-refractivity contribution is -0.139. The summed E-state index contributed by atoms with van der Waals surface area (Å²) in [5.74, 6) is -0.754. The van der Waals surface area contributed by atoms with Gasteiger partial charge >= 0.3 is 5.97 Å². The maximum atomic E-state index is 10.7. The van der Waals surface area contributed by atoms with E-state index in [0.29, 0.717) is 11.3 Å². The lowest BCUT2D eigenvalue weighted by atomic mass is 9.94. The Kier molecular flexibility index (Phi) is 4.75. The Morgan fingerprint density at radius 3 is 2.71 bits per heavy atom. The maximum Gasteiger partial charge on any atom is 0.320 e. The number of rotatable bonds is 4. The molecule has 3 unspecified atom stereocenters. The molecule has 0 heterocycles. The van der Waals surface area contributed by atoms with E-state index in [2.05, 4.69) is 11.6 Å². The molecule has 0 saturated heterocycles. The van der Waals surface area contributed by atoms with Gasteiger partial charge in [-0.25, -0.2) is 0 Å². The Hall–Kier alpha value is -0.220. The quantitative estimate of drug-likeness (QED) is 0.753. The predicted octanol–water partition coefficient (Wildman–Crippen LogP) is 1.72. The zero-order chi connectivity index (χ0) is 10.6. The van der Waals surface area contributed by atoms with Gasteiger partial charge in [-0.15, -0.1) is 0 Å². The van der Waals surface area contributed by atoms with Gasteiger partial charge in [0, 0.05) is 11.3 Å². The second-order valence-corrected chi connectivity index (χ2v) is 4.97. The summed E-state index contributed by atoms with van der Waals surface area (Å²) in [4.78, 5) is 10.7. The van der Waals surface area contributed by atoms with Gasteiger partial charge in [-0.05, 0) is 26.0 Å². The van der Waals surface area contributed by atoms with Crippen molar-refractivity contribution in [2.45, 2.75) is 49.9 Å². The fourth-order valence-corrected chi connectivity index (χ4v) is 2.91. The van der Waals surface area contributed by atoms with Crippen LogP contribution in [0.25, 0.3) is 0 Å². The third kappa shape index (κ3) is 3.17. The van der Waals surface area contributed by atoms with Crippen LogP contribution in [-0.2, 0) is 4.79 Å². The average Bonchev–Trinajstić information content (AvgIpc) is 2.18. The van der Waals surface area contributed by atoms with Crippen molar-refractivity contribution >= 4 is 17.7 Å². The second kappa shape index (κ2) is 5.61. The molecule has 3 atom stereocenters. The van der Waals surface area contributed by atoms with Gasteiger partial charge in [0.05, 0.1) is 0 Å². The highest BCUT2D eigenvalue weighted by Crippen LogP contribution is 2.27. The minimum absolute atomic E-state index is 0.379. The molecule has 3 nitrogen and oxygen atoms in total. The third-order valence-corrected chi connectivity index (χ3v) is 4.01. The number of carboxylic acids is 1. The second-order valence-electron chi connectivity index (χ2n) is 3.89. The van der Waals surface area contributed by atoms with E-state index in [4.69, 9.17) is 5.11 Å². The van der Waals surface area contributed by atoms with Gasteiger partial charge in [0.25, 0.3) is 0 Å². The Balaban J connectivity index is 2.44. The molecule has 0 aromatic heterocycles. The van der Waals surface area contributed by atoms with Crippen LogP contribution in [0.15, 0.2) is 0 Å². The normalized spacial score (nSPS) is 29.9. The fraction of sp³-hybridized carbons (Fsp3) is 0.900. The largest absolute Gasteiger partial charge is 0.480 e. The van der Waals surface area contributed by atoms with E-state index in [1.54, 1.807) is 6.92 Å². The number of aliphatic carboxylic acids is 1. The van der Waals surface area contributed by atoms with Crippen LogP contribution in [0.2, 0.25) is 0 Å². The zero-order valence-corrected chi connectivity index (χ0v) is 9.64. The van der Waals surface area contributed by atoms with Crippen LogP contribution in [-0.4, -0.2) is 34.7 Å². The monoisotopic (exact) mass is 217 g/mol. The van der Waals surface area contributed by atoms with Crippen molar-refractivity contribution in [3.8, 4) is 0 Å². The van der Waals surface area contributed by atoms with Gasteiger partial charge < -0.3 is 10.4 Å². The summed E-state index contributed by atoms with van der Waals surface area (Å²) >= 11 is 1.85. The van der Waals surface area contributed by atoms with Crippen LogP contribution in [0.3, 0.4) is 0 Å². The van der Waals surface area contributed by atoms with Crippen LogP contribution >= 0.6 is 11.8 Å². The maximum absolute atomic E-state index is 10.7. The van der Waals surface area contributed by atoms with E-state index in [9.17, 15) is 4.79 Å². The molecule has 1 aliphatic carbocycles. The molecule has 0 amide bonds. The Bertz CT molecular complexity index is 199. The summed E-state index contributed by atoms with van der Waals surface area (Å²) in [5.41, 5.74) is 0. The molecule has 4 heteroatoms. The van der Waals surface area contributed by atoms with E-state index in [0.717, 1.165) is 6.42 Å². The first-order valence-electron chi connectivity index (χ1n) is 5.16. The molecular formula is C10H19NO2S. The van der Waals surface area contributed by atoms with E-state index in [-0.39, 0.29) is 0 Å². The van der Waals surface area contributed by atoms with Crippen LogP contribution in [0.1, 0.15) is 32.6 Å². The minimum Gasteiger partial charge on any atom is -0.480 e. The SMILES string of the molecule is CSC1CCCCC1NC(C)C(=O)O. The molecule has 1 rings (SSSR count). The topological polar surface area (TPSA) is 49.3 Å². The van der Waals surface area contributed by atoms with Crippen LogP contribution < -0.4 is 5.32 Å². The highest BCUT2D eigenvalue weighted by Gasteiger charge is 2.26. The smallest absolute Gasteiger partial charge is 0.320 e. The first-order chi connectivity index (χ1) is 6.65. The number of nitrogens with one attached hydrogen (secondary N) is 1. The number of carboxylic acid groups (broad SMARTS) is 1. The van der Waals surface area contributed by atoms with E-state index in [1.807, 2.05) is 11.8 Å². The molecule has 0 radical (unpaired) electrons. The lowest BCUT2D eigenvalue weighted by Gasteiger charge is -2.32. The van der Waals surface area contributed by atoms with Crippen molar-refractivity contribution in [1.82, 2.24) is 5.32 Å². The molecule has 0 aliphatic heterocycles. The molecule has 1 saturated carbocycles. The Morgan fingerprint density at radius 1 is 1.50 bits per heavy atom. The summed E-state index contributed by atoms with van der Waals surface area (Å²) in [7, 11) is 0. The average molecular weight is 217 g/mol. The van der Waals surface area contributed by atoms with Crippen LogP contribution in [0.5, 0.6) is 0 Å². The Labute approximate surface area is 89.6 Å². The Morgan fingerprint density at radius 2 is 2.14 bits per heavy atom. The summed E-state index contributed by atoms with van der Waals surface area (Å²) in [6.07, 6.45) is 6.94. The summed E-state index contributed by atoms with van der Waals surface area (Å²) < 4.78 is 0. The molecular weight excluding hydrogens is 198 g/mol. The molecule has 2 N–H and O–H groups in total. The molecule has 1 fully saturated rings. The van der Waals surface area contributed by atoms with Crippen molar-refractivity contribution < 1.29 is 9.90 Å². The summed E-state index contributed by atoms with van der Waals surface area (Å²) in [5, 5.41) is 12.6. The number of hydrogen-bond acceptors (Lipinski definition) is 3. The molecule has 0 aromatic carbocycles. The van der Waals surface area contributed by atoms with Crippen molar-refractivity contribution in [3.63, 3.8) is 0 Å². The van der Waals surface area contributed by atoms with Crippen LogP contribution in [0.4, 0.5) is 0 Å². The van der Waals surface area contributed by atoms with Gasteiger partial charge in [-0.3, -0.25) is 4.79 Å². The van der Waals surface area contributed by atoms with Gasteiger partial charge in [-0.1, -0.05) is 12.8 Å². The van der Waals surface area contributed by atoms with Gasteiger partial charge in [0.15, 0.2) is 0 Å². The minimum atomic E-state index is -0.754. The van der Waals surface area contributed by atoms with Crippen LogP contribution in [0, 0.1) is 0 Å². The first kappa shape index (κ1) is 11.9. The molecule has 0 spiro atoms. The van der Waals surface area contributed by atoms with Gasteiger partial charge in [-0.2, -0.15) is 11.8 Å². The third-order valence-electron chi connectivity index (χ3n) is 2.84. The van der Waals surface area contributed by atoms with Crippen molar-refractivity contribution in [1.29, 1.82) is 0 Å². The number of thioether (sulfide) groups is 1. The summed E-state index contributed by atoms with van der Waals surface area (Å²) in [6.45, 7) is 1.72. The lowest BCUT2D eigenvalue weighted by Crippen LogP contribution is -2.47. The highest BCUT2D eigenvalue weighted by atomic mass is 32.2. The van der Waals surface area contributed by atoms with Gasteiger partial charge in [0.2, 0.25) is 0 Å². The highest BCUT2D eigenvalue weighted by molar-refractivity contribution is 7.99. The number of hydrogen-bond donors (Lipinski definition) is 2. The summed E-state index contributed by atoms with van der Waals surface area (Å²) in [6, 6.07) is -0.0439. The van der Waals surface area contributed by atoms with E-state index < -0.39 is 12.0 Å². The van der Waals surface area contributed by atoms with Crippen molar-refractivity contribution in [2.75, 3.05) is 6.26 Å². The van der Waals surface area contributed by atoms with Gasteiger partial charge in [0.1, 0.15) is 6.04 Å². The predicted molar refractivity (Wildman–Crippen MR) is 59.8 cm³/mol. The zero-order valence-electron chi connectivity index (χ0n) is 8.82.